The number of pyridine rings is 1. The Bertz CT molecular complexity index is 689. The molecule has 0 bridgehead atoms. The molecule has 21 heavy (non-hydrogen) atoms. The first-order valence-corrected chi connectivity index (χ1v) is 6.71. The summed E-state index contributed by atoms with van der Waals surface area (Å²) in [6, 6.07) is 4.73. The van der Waals surface area contributed by atoms with Crippen molar-refractivity contribution in [3.8, 4) is 11.3 Å². The average Bonchev–Trinajstić information content (AvgIpc) is 2.43. The molecule has 0 saturated carbocycles. The van der Waals surface area contributed by atoms with E-state index >= 15 is 0 Å². The lowest BCUT2D eigenvalue weighted by Crippen LogP contribution is -2.09. The molecule has 2 nitrogen and oxygen atoms in total. The third-order valence-electron chi connectivity index (χ3n) is 2.73. The molecule has 0 fully saturated rings. The molecule has 8 heteroatoms. The van der Waals surface area contributed by atoms with Gasteiger partial charge in [-0.05, 0) is 18.2 Å². The molecule has 0 atom stereocenters. The number of benzene rings is 1. The second-order valence-electron chi connectivity index (χ2n) is 4.08. The third kappa shape index (κ3) is 3.26. The van der Waals surface area contributed by atoms with Gasteiger partial charge >= 0.3 is 6.18 Å². The van der Waals surface area contributed by atoms with E-state index in [1.165, 1.54) is 12.1 Å². The van der Waals surface area contributed by atoms with Crippen LogP contribution in [0.25, 0.3) is 11.3 Å². The van der Waals surface area contributed by atoms with Gasteiger partial charge in [0.2, 0.25) is 0 Å². The van der Waals surface area contributed by atoms with Crippen molar-refractivity contribution < 1.29 is 18.3 Å². The van der Waals surface area contributed by atoms with Gasteiger partial charge in [-0.3, -0.25) is 0 Å². The number of aliphatic hydroxyl groups is 1. The molecular weight excluding hydrogens is 350 g/mol. The van der Waals surface area contributed by atoms with Crippen LogP contribution in [0.1, 0.15) is 11.3 Å². The van der Waals surface area contributed by atoms with Crippen LogP contribution in [0.3, 0.4) is 0 Å². The van der Waals surface area contributed by atoms with Gasteiger partial charge in [0.25, 0.3) is 0 Å². The van der Waals surface area contributed by atoms with Crippen LogP contribution >= 0.6 is 34.8 Å². The Hall–Kier alpha value is -1.01. The smallest absolute Gasteiger partial charge is 0.392 e. The predicted octanol–water partition coefficient (Wildman–Crippen LogP) is 5.22. The Labute approximate surface area is 133 Å². The zero-order valence-electron chi connectivity index (χ0n) is 10.2. The van der Waals surface area contributed by atoms with Gasteiger partial charge < -0.3 is 5.11 Å². The summed E-state index contributed by atoms with van der Waals surface area (Å²) in [5.41, 5.74) is -0.808. The van der Waals surface area contributed by atoms with Crippen molar-refractivity contribution in [2.24, 2.45) is 0 Å². The van der Waals surface area contributed by atoms with Crippen LogP contribution in [0.2, 0.25) is 15.1 Å². The summed E-state index contributed by atoms with van der Waals surface area (Å²) in [5.74, 6) is 0. The average molecular weight is 357 g/mol. The van der Waals surface area contributed by atoms with Crippen molar-refractivity contribution in [2.75, 3.05) is 0 Å². The summed E-state index contributed by atoms with van der Waals surface area (Å²) >= 11 is 17.7. The lowest BCUT2D eigenvalue weighted by atomic mass is 10.1. The number of nitrogens with zero attached hydrogens (tertiary/aromatic N) is 1. The van der Waals surface area contributed by atoms with Crippen molar-refractivity contribution in [1.82, 2.24) is 4.98 Å². The van der Waals surface area contributed by atoms with E-state index in [9.17, 15) is 18.3 Å². The van der Waals surface area contributed by atoms with Gasteiger partial charge in [-0.2, -0.15) is 13.2 Å². The number of hydrogen-bond donors (Lipinski definition) is 1. The van der Waals surface area contributed by atoms with Gasteiger partial charge in [0.1, 0.15) is 5.69 Å². The van der Waals surface area contributed by atoms with Gasteiger partial charge in [0.05, 0.1) is 27.4 Å². The second kappa shape index (κ2) is 6.01. The van der Waals surface area contributed by atoms with Crippen molar-refractivity contribution in [1.29, 1.82) is 0 Å². The zero-order chi connectivity index (χ0) is 15.8. The van der Waals surface area contributed by atoms with E-state index in [1.54, 1.807) is 0 Å². The summed E-state index contributed by atoms with van der Waals surface area (Å²) < 4.78 is 38.3. The minimum atomic E-state index is -4.61. The Balaban J connectivity index is 2.70. The fourth-order valence-electron chi connectivity index (χ4n) is 1.72. The lowest BCUT2D eigenvalue weighted by Gasteiger charge is -2.13. The molecule has 1 aromatic carbocycles. The Morgan fingerprint density at radius 3 is 2.24 bits per heavy atom. The van der Waals surface area contributed by atoms with E-state index in [-0.39, 0.29) is 31.9 Å². The van der Waals surface area contributed by atoms with Crippen LogP contribution in [0.15, 0.2) is 24.3 Å². The van der Waals surface area contributed by atoms with E-state index in [0.29, 0.717) is 0 Å². The summed E-state index contributed by atoms with van der Waals surface area (Å²) in [4.78, 5) is 3.55. The van der Waals surface area contributed by atoms with Gasteiger partial charge in [-0.25, -0.2) is 4.98 Å². The molecule has 112 valence electrons. The van der Waals surface area contributed by atoms with Crippen molar-refractivity contribution >= 4 is 34.8 Å². The van der Waals surface area contributed by atoms with Crippen molar-refractivity contribution in [3.63, 3.8) is 0 Å². The summed E-state index contributed by atoms with van der Waals surface area (Å²) in [7, 11) is 0. The number of aliphatic hydroxyl groups excluding tert-OH is 1. The van der Waals surface area contributed by atoms with Crippen LogP contribution in [0.4, 0.5) is 13.2 Å². The third-order valence-corrected chi connectivity index (χ3v) is 4.02. The van der Waals surface area contributed by atoms with Crippen molar-refractivity contribution in [2.45, 2.75) is 12.8 Å². The Morgan fingerprint density at radius 1 is 1.00 bits per heavy atom. The van der Waals surface area contributed by atoms with Crippen molar-refractivity contribution in [3.05, 3.63) is 50.6 Å². The summed E-state index contributed by atoms with van der Waals surface area (Å²) in [6.45, 7) is -0.489. The maximum Gasteiger partial charge on any atom is 0.433 e. The lowest BCUT2D eigenvalue weighted by molar-refractivity contribution is -0.141. The number of hydrogen-bond acceptors (Lipinski definition) is 2. The monoisotopic (exact) mass is 355 g/mol. The van der Waals surface area contributed by atoms with Gasteiger partial charge in [0.15, 0.2) is 0 Å². The highest BCUT2D eigenvalue weighted by atomic mass is 35.5. The Kier molecular flexibility index (Phi) is 4.68. The van der Waals surface area contributed by atoms with E-state index in [2.05, 4.69) is 4.98 Å². The maximum absolute atomic E-state index is 12.8. The van der Waals surface area contributed by atoms with E-state index in [1.807, 2.05) is 0 Å². The highest BCUT2D eigenvalue weighted by Gasteiger charge is 2.33. The molecule has 0 aliphatic rings. The number of aromatic nitrogens is 1. The molecule has 1 heterocycles. The highest BCUT2D eigenvalue weighted by Crippen LogP contribution is 2.39. The Morgan fingerprint density at radius 2 is 1.67 bits per heavy atom. The molecule has 0 radical (unpaired) electrons. The first-order valence-electron chi connectivity index (χ1n) is 5.57. The quantitative estimate of drug-likeness (QED) is 0.748. The number of rotatable bonds is 2. The molecule has 0 unspecified atom stereocenters. The number of halogens is 6. The molecule has 2 rings (SSSR count). The summed E-state index contributed by atoms with van der Waals surface area (Å²) in [5, 5.41) is 9.42. The molecule has 0 saturated heterocycles. The minimum Gasteiger partial charge on any atom is -0.392 e. The normalized spacial score (nSPS) is 11.8. The second-order valence-corrected chi connectivity index (χ2v) is 5.25. The van der Waals surface area contributed by atoms with Crippen LogP contribution in [0, 0.1) is 0 Å². The standard InChI is InChI=1S/C13H7Cl3F3NO/c14-8-3-2-7(10(15)11(8)16)12-6(5-21)1-4-9(20-12)13(17,18)19/h1-4,21H,5H2. The SMILES string of the molecule is OCc1ccc(C(F)(F)F)nc1-c1ccc(Cl)c(Cl)c1Cl. The van der Waals surface area contributed by atoms with E-state index in [4.69, 9.17) is 34.8 Å². The number of alkyl halides is 3. The van der Waals surface area contributed by atoms with Crippen LogP contribution in [-0.2, 0) is 12.8 Å². The molecule has 0 aliphatic heterocycles. The molecule has 2 aromatic rings. The zero-order valence-corrected chi connectivity index (χ0v) is 12.4. The molecule has 0 aliphatic carbocycles. The van der Waals surface area contributed by atoms with E-state index < -0.39 is 18.5 Å². The van der Waals surface area contributed by atoms with Crippen LogP contribution < -0.4 is 0 Å². The minimum absolute atomic E-state index is 0.0129. The largest absolute Gasteiger partial charge is 0.433 e. The molecular formula is C13H7Cl3F3NO. The first-order chi connectivity index (χ1) is 9.75. The molecule has 0 spiro atoms. The fraction of sp³-hybridized carbons (Fsp3) is 0.154. The van der Waals surface area contributed by atoms with Crippen LogP contribution in [0.5, 0.6) is 0 Å². The maximum atomic E-state index is 12.8. The molecule has 1 N–H and O–H groups in total. The molecule has 1 aromatic heterocycles. The summed E-state index contributed by atoms with van der Waals surface area (Å²) in [6.07, 6.45) is -4.61. The fourth-order valence-corrected chi connectivity index (χ4v) is 2.34. The van der Waals surface area contributed by atoms with E-state index in [0.717, 1.165) is 12.1 Å². The predicted molar refractivity (Wildman–Crippen MR) is 75.6 cm³/mol. The first kappa shape index (κ1) is 16.4. The highest BCUT2D eigenvalue weighted by molar-refractivity contribution is 6.49. The van der Waals surface area contributed by atoms with Gasteiger partial charge in [0, 0.05) is 11.1 Å². The van der Waals surface area contributed by atoms with Gasteiger partial charge in [-0.1, -0.05) is 40.9 Å². The van der Waals surface area contributed by atoms with Gasteiger partial charge in [-0.15, -0.1) is 0 Å². The van der Waals surface area contributed by atoms with Crippen LogP contribution in [-0.4, -0.2) is 10.1 Å². The topological polar surface area (TPSA) is 33.1 Å². The molecule has 0 amide bonds.